The summed E-state index contributed by atoms with van der Waals surface area (Å²) in [5.41, 5.74) is 6.05. The zero-order chi connectivity index (χ0) is 13.7. The molecule has 2 aromatic rings. The van der Waals surface area contributed by atoms with Gasteiger partial charge in [0.25, 0.3) is 0 Å². The molecule has 1 heterocycles. The summed E-state index contributed by atoms with van der Waals surface area (Å²) in [6.07, 6.45) is 1.33. The van der Waals surface area contributed by atoms with Crippen LogP contribution in [0.1, 0.15) is 10.4 Å². The summed E-state index contributed by atoms with van der Waals surface area (Å²) in [6, 6.07) is 5.84. The quantitative estimate of drug-likeness (QED) is 0.739. The first kappa shape index (κ1) is 13.0. The van der Waals surface area contributed by atoms with Crippen LogP contribution in [0.15, 0.2) is 30.6 Å². The number of carboxylic acids is 1. The molecule has 0 amide bonds. The minimum Gasteiger partial charge on any atom is -0.492 e. The molecule has 3 N–H and O–H groups in total. The lowest BCUT2D eigenvalue weighted by Gasteiger charge is -2.12. The Kier molecular flexibility index (Phi) is 4.04. The fourth-order valence-electron chi connectivity index (χ4n) is 1.43. The molecular weight excluding hydrogens is 250 g/mol. The predicted molar refractivity (Wildman–Crippen MR) is 64.7 cm³/mol. The van der Waals surface area contributed by atoms with E-state index in [0.717, 1.165) is 0 Å². The van der Waals surface area contributed by atoms with E-state index >= 15 is 0 Å². The number of carboxylic acid groups (broad SMARTS) is 1. The molecule has 0 saturated carbocycles. The second-order valence-electron chi connectivity index (χ2n) is 3.89. The fraction of sp³-hybridized carbons (Fsp3) is 0.273. The van der Waals surface area contributed by atoms with E-state index < -0.39 is 5.97 Å². The number of ether oxygens (including phenoxy) is 1. The summed E-state index contributed by atoms with van der Waals surface area (Å²) in [6.45, 7) is 0.668. The van der Waals surface area contributed by atoms with E-state index in [1.807, 2.05) is 0 Å². The number of nitrogens with two attached hydrogens (primary N) is 1. The van der Waals surface area contributed by atoms with Crippen LogP contribution in [0, 0.1) is 0 Å². The molecule has 0 aliphatic rings. The summed E-state index contributed by atoms with van der Waals surface area (Å²) < 4.78 is 5.44. The van der Waals surface area contributed by atoms with Crippen LogP contribution in [0.4, 0.5) is 0 Å². The van der Waals surface area contributed by atoms with Crippen LogP contribution in [-0.2, 0) is 6.54 Å². The molecule has 1 aromatic heterocycles. The molecule has 8 nitrogen and oxygen atoms in total. The van der Waals surface area contributed by atoms with E-state index in [1.165, 1.54) is 23.3 Å². The summed E-state index contributed by atoms with van der Waals surface area (Å²) in [5, 5.41) is 19.9. The largest absolute Gasteiger partial charge is 0.492 e. The lowest BCUT2D eigenvalue weighted by molar-refractivity contribution is 0.0697. The number of benzene rings is 1. The molecule has 1 unspecified atom stereocenters. The topological polar surface area (TPSA) is 116 Å². The Morgan fingerprint density at radius 2 is 2.16 bits per heavy atom. The standard InChI is InChI=1S/C11H13N5O3/c12-9(5-16-14-7-13-15-16)6-19-10-3-1-8(2-4-10)11(17)18/h1-4,7,9H,5-6,12H2,(H,17,18). The van der Waals surface area contributed by atoms with E-state index in [4.69, 9.17) is 15.6 Å². The zero-order valence-electron chi connectivity index (χ0n) is 10.0. The van der Waals surface area contributed by atoms with Gasteiger partial charge in [0.2, 0.25) is 0 Å². The molecule has 0 spiro atoms. The van der Waals surface area contributed by atoms with Crippen molar-refractivity contribution in [2.45, 2.75) is 12.6 Å². The van der Waals surface area contributed by atoms with Gasteiger partial charge in [-0.25, -0.2) is 4.79 Å². The highest BCUT2D eigenvalue weighted by Crippen LogP contribution is 2.12. The van der Waals surface area contributed by atoms with Gasteiger partial charge in [-0.3, -0.25) is 0 Å². The SMILES string of the molecule is NC(COc1ccc(C(=O)O)cc1)Cn1ncnn1. The molecule has 8 heteroatoms. The minimum atomic E-state index is -0.972. The van der Waals surface area contributed by atoms with Crippen molar-refractivity contribution in [1.29, 1.82) is 0 Å². The highest BCUT2D eigenvalue weighted by molar-refractivity contribution is 5.87. The monoisotopic (exact) mass is 263 g/mol. The van der Waals surface area contributed by atoms with Crippen molar-refractivity contribution in [2.75, 3.05) is 6.61 Å². The van der Waals surface area contributed by atoms with Crippen LogP contribution in [0.5, 0.6) is 5.75 Å². The van der Waals surface area contributed by atoms with Crippen molar-refractivity contribution in [3.63, 3.8) is 0 Å². The second kappa shape index (κ2) is 5.91. The van der Waals surface area contributed by atoms with Crippen LogP contribution in [0.3, 0.4) is 0 Å². The van der Waals surface area contributed by atoms with Crippen molar-refractivity contribution < 1.29 is 14.6 Å². The molecule has 0 radical (unpaired) electrons. The summed E-state index contributed by atoms with van der Waals surface area (Å²) >= 11 is 0. The third-order valence-electron chi connectivity index (χ3n) is 2.35. The first-order valence-electron chi connectivity index (χ1n) is 5.57. The van der Waals surface area contributed by atoms with Gasteiger partial charge in [0.1, 0.15) is 12.4 Å². The number of tetrazole rings is 1. The number of nitrogens with zero attached hydrogens (tertiary/aromatic N) is 4. The number of aromatic carboxylic acids is 1. The van der Waals surface area contributed by atoms with Gasteiger partial charge in [-0.15, -0.1) is 10.2 Å². The Hall–Kier alpha value is -2.48. The van der Waals surface area contributed by atoms with Crippen molar-refractivity contribution in [3.8, 4) is 5.75 Å². The summed E-state index contributed by atoms with van der Waals surface area (Å²) in [4.78, 5) is 12.0. The Morgan fingerprint density at radius 1 is 1.42 bits per heavy atom. The minimum absolute atomic E-state index is 0.212. The van der Waals surface area contributed by atoms with E-state index in [2.05, 4.69) is 15.4 Å². The third-order valence-corrected chi connectivity index (χ3v) is 2.35. The smallest absolute Gasteiger partial charge is 0.335 e. The second-order valence-corrected chi connectivity index (χ2v) is 3.89. The average molecular weight is 263 g/mol. The van der Waals surface area contributed by atoms with Gasteiger partial charge in [-0.2, -0.15) is 4.80 Å². The first-order valence-corrected chi connectivity index (χ1v) is 5.57. The number of aromatic nitrogens is 4. The van der Waals surface area contributed by atoms with Crippen molar-refractivity contribution in [3.05, 3.63) is 36.2 Å². The Balaban J connectivity index is 1.83. The van der Waals surface area contributed by atoms with E-state index in [-0.39, 0.29) is 18.2 Å². The van der Waals surface area contributed by atoms with Crippen LogP contribution in [-0.4, -0.2) is 43.9 Å². The molecule has 0 aliphatic heterocycles. The maximum Gasteiger partial charge on any atom is 0.335 e. The maximum atomic E-state index is 10.7. The van der Waals surface area contributed by atoms with Crippen molar-refractivity contribution in [2.24, 2.45) is 5.73 Å². The fourth-order valence-corrected chi connectivity index (χ4v) is 1.43. The number of hydrogen-bond acceptors (Lipinski definition) is 6. The van der Waals surface area contributed by atoms with Crippen molar-refractivity contribution in [1.82, 2.24) is 20.2 Å². The number of rotatable bonds is 6. The summed E-state index contributed by atoms with van der Waals surface area (Å²) in [7, 11) is 0. The summed E-state index contributed by atoms with van der Waals surface area (Å²) in [5.74, 6) is -0.410. The van der Waals surface area contributed by atoms with Crippen molar-refractivity contribution >= 4 is 5.97 Å². The molecule has 1 atom stereocenters. The van der Waals surface area contributed by atoms with E-state index in [0.29, 0.717) is 12.3 Å². The Labute approximate surface area is 108 Å². The molecule has 2 rings (SSSR count). The molecule has 1 aromatic carbocycles. The van der Waals surface area contributed by atoms with Gasteiger partial charge in [-0.05, 0) is 29.5 Å². The molecule has 0 saturated heterocycles. The number of hydrogen-bond donors (Lipinski definition) is 2. The molecule has 19 heavy (non-hydrogen) atoms. The maximum absolute atomic E-state index is 10.7. The van der Waals surface area contributed by atoms with Gasteiger partial charge in [0.05, 0.1) is 18.2 Å². The molecule has 0 aliphatic carbocycles. The molecule has 0 fully saturated rings. The normalized spacial score (nSPS) is 12.1. The van der Waals surface area contributed by atoms with Crippen LogP contribution in [0.2, 0.25) is 0 Å². The Bertz CT molecular complexity index is 526. The van der Waals surface area contributed by atoms with Crippen LogP contribution in [0.25, 0.3) is 0 Å². The van der Waals surface area contributed by atoms with E-state index in [9.17, 15) is 4.79 Å². The predicted octanol–water partition coefficient (Wildman–Crippen LogP) is -0.222. The van der Waals surface area contributed by atoms with Gasteiger partial charge in [0.15, 0.2) is 6.33 Å². The highest BCUT2D eigenvalue weighted by Gasteiger charge is 2.07. The van der Waals surface area contributed by atoms with Crippen LogP contribution >= 0.6 is 0 Å². The number of carbonyl (C=O) groups is 1. The third kappa shape index (κ3) is 3.75. The van der Waals surface area contributed by atoms with Gasteiger partial charge < -0.3 is 15.6 Å². The van der Waals surface area contributed by atoms with Gasteiger partial charge in [0, 0.05) is 0 Å². The van der Waals surface area contributed by atoms with Gasteiger partial charge in [-0.1, -0.05) is 0 Å². The zero-order valence-corrected chi connectivity index (χ0v) is 10.0. The lowest BCUT2D eigenvalue weighted by atomic mass is 10.2. The van der Waals surface area contributed by atoms with Crippen LogP contribution < -0.4 is 10.5 Å². The highest BCUT2D eigenvalue weighted by atomic mass is 16.5. The van der Waals surface area contributed by atoms with Gasteiger partial charge >= 0.3 is 5.97 Å². The molecule has 0 bridgehead atoms. The molecule has 100 valence electrons. The van der Waals surface area contributed by atoms with E-state index in [1.54, 1.807) is 12.1 Å². The Morgan fingerprint density at radius 3 is 2.74 bits per heavy atom. The molecular formula is C11H13N5O3. The lowest BCUT2D eigenvalue weighted by Crippen LogP contribution is -2.33. The average Bonchev–Trinajstić information content (AvgIpc) is 2.89. The first-order chi connectivity index (χ1) is 9.15.